The molecular weight excluding hydrogens is 188 g/mol. The van der Waals surface area contributed by atoms with Gasteiger partial charge in [0, 0.05) is 25.6 Å². The molecule has 1 aliphatic heterocycles. The van der Waals surface area contributed by atoms with Gasteiger partial charge in [-0.15, -0.1) is 0 Å². The SMILES string of the molecule is CCOCC1CC2(CN1C)CC2(F)F. The van der Waals surface area contributed by atoms with Gasteiger partial charge in [-0.25, -0.2) is 8.78 Å². The molecule has 0 aromatic heterocycles. The van der Waals surface area contributed by atoms with E-state index in [1.807, 2.05) is 18.9 Å². The van der Waals surface area contributed by atoms with E-state index in [-0.39, 0.29) is 12.5 Å². The Morgan fingerprint density at radius 2 is 2.14 bits per heavy atom. The van der Waals surface area contributed by atoms with Crippen LogP contribution < -0.4 is 0 Å². The van der Waals surface area contributed by atoms with E-state index in [0.717, 1.165) is 0 Å². The lowest BCUT2D eigenvalue weighted by Crippen LogP contribution is -2.29. The summed E-state index contributed by atoms with van der Waals surface area (Å²) >= 11 is 0. The van der Waals surface area contributed by atoms with Crippen LogP contribution in [-0.4, -0.2) is 43.7 Å². The second kappa shape index (κ2) is 3.14. The van der Waals surface area contributed by atoms with Gasteiger partial charge in [0.15, 0.2) is 0 Å². The number of hydrogen-bond donors (Lipinski definition) is 0. The molecular formula is C10H17F2NO. The zero-order valence-corrected chi connectivity index (χ0v) is 8.72. The van der Waals surface area contributed by atoms with Crippen molar-refractivity contribution in [2.45, 2.75) is 31.7 Å². The van der Waals surface area contributed by atoms with Gasteiger partial charge in [0.05, 0.1) is 12.0 Å². The minimum atomic E-state index is -2.41. The lowest BCUT2D eigenvalue weighted by atomic mass is 10.0. The first-order chi connectivity index (χ1) is 6.51. The number of ether oxygens (including phenoxy) is 1. The molecule has 2 nitrogen and oxygen atoms in total. The molecule has 1 heterocycles. The first-order valence-corrected chi connectivity index (χ1v) is 5.16. The number of likely N-dealkylation sites (N-methyl/N-ethyl adjacent to an activating group) is 1. The van der Waals surface area contributed by atoms with Crippen molar-refractivity contribution in [2.24, 2.45) is 5.41 Å². The van der Waals surface area contributed by atoms with Crippen molar-refractivity contribution in [3.8, 4) is 0 Å². The normalized spacial score (nSPS) is 40.7. The van der Waals surface area contributed by atoms with Crippen molar-refractivity contribution in [2.75, 3.05) is 26.8 Å². The van der Waals surface area contributed by atoms with Crippen LogP contribution in [0.25, 0.3) is 0 Å². The topological polar surface area (TPSA) is 12.5 Å². The molecule has 2 rings (SSSR count). The van der Waals surface area contributed by atoms with Crippen LogP contribution in [-0.2, 0) is 4.74 Å². The van der Waals surface area contributed by atoms with E-state index in [1.165, 1.54) is 0 Å². The van der Waals surface area contributed by atoms with Gasteiger partial charge >= 0.3 is 0 Å². The maximum absolute atomic E-state index is 13.1. The molecule has 1 saturated carbocycles. The highest BCUT2D eigenvalue weighted by Crippen LogP contribution is 2.65. The Hall–Kier alpha value is -0.220. The molecule has 1 aliphatic carbocycles. The minimum absolute atomic E-state index is 0.0764. The quantitative estimate of drug-likeness (QED) is 0.696. The highest BCUT2D eigenvalue weighted by Gasteiger charge is 2.73. The number of halogens is 2. The molecule has 14 heavy (non-hydrogen) atoms. The standard InChI is InChI=1S/C10H17F2NO/c1-3-14-5-8-4-9(7-13(8)2)6-10(9,11)12/h8H,3-7H2,1-2H3. The van der Waals surface area contributed by atoms with Gasteiger partial charge in [0.25, 0.3) is 5.92 Å². The van der Waals surface area contributed by atoms with Gasteiger partial charge < -0.3 is 9.64 Å². The molecule has 0 aromatic carbocycles. The van der Waals surface area contributed by atoms with Crippen LogP contribution in [0.2, 0.25) is 0 Å². The average Bonchev–Trinajstić information content (AvgIpc) is 2.46. The van der Waals surface area contributed by atoms with E-state index in [0.29, 0.717) is 26.2 Å². The molecule has 4 heteroatoms. The fourth-order valence-corrected chi connectivity index (χ4v) is 2.49. The maximum atomic E-state index is 13.1. The molecule has 2 fully saturated rings. The van der Waals surface area contributed by atoms with Crippen molar-refractivity contribution < 1.29 is 13.5 Å². The predicted molar refractivity (Wildman–Crippen MR) is 49.5 cm³/mol. The molecule has 1 saturated heterocycles. The Labute approximate surface area is 83.2 Å². The van der Waals surface area contributed by atoms with Crippen molar-refractivity contribution in [3.05, 3.63) is 0 Å². The molecule has 0 bridgehead atoms. The summed E-state index contributed by atoms with van der Waals surface area (Å²) in [4.78, 5) is 2.01. The van der Waals surface area contributed by atoms with Gasteiger partial charge in [-0.2, -0.15) is 0 Å². The molecule has 82 valence electrons. The fourth-order valence-electron chi connectivity index (χ4n) is 2.49. The van der Waals surface area contributed by atoms with E-state index < -0.39 is 11.3 Å². The largest absolute Gasteiger partial charge is 0.380 e. The minimum Gasteiger partial charge on any atom is -0.380 e. The Kier molecular flexibility index (Phi) is 2.31. The van der Waals surface area contributed by atoms with E-state index in [9.17, 15) is 8.78 Å². The Morgan fingerprint density at radius 1 is 1.50 bits per heavy atom. The van der Waals surface area contributed by atoms with Crippen LogP contribution in [0.5, 0.6) is 0 Å². The summed E-state index contributed by atoms with van der Waals surface area (Å²) in [5, 5.41) is 0. The number of rotatable bonds is 3. The molecule has 2 atom stereocenters. The third-order valence-corrected chi connectivity index (χ3v) is 3.53. The zero-order valence-electron chi connectivity index (χ0n) is 8.72. The zero-order chi connectivity index (χ0) is 10.4. The summed E-state index contributed by atoms with van der Waals surface area (Å²) in [5.41, 5.74) is -0.705. The molecule has 0 N–H and O–H groups in total. The fraction of sp³-hybridized carbons (Fsp3) is 1.00. The summed E-state index contributed by atoms with van der Waals surface area (Å²) in [6, 6.07) is 0.184. The molecule has 1 spiro atoms. The molecule has 2 unspecified atom stereocenters. The summed E-state index contributed by atoms with van der Waals surface area (Å²) in [6.07, 6.45) is 0.670. The van der Waals surface area contributed by atoms with Crippen LogP contribution in [0.1, 0.15) is 19.8 Å². The van der Waals surface area contributed by atoms with Crippen LogP contribution >= 0.6 is 0 Å². The van der Waals surface area contributed by atoms with E-state index in [4.69, 9.17) is 4.74 Å². The van der Waals surface area contributed by atoms with Crippen molar-refractivity contribution >= 4 is 0 Å². The number of nitrogens with zero attached hydrogens (tertiary/aromatic N) is 1. The first kappa shape index (κ1) is 10.3. The summed E-state index contributed by atoms with van der Waals surface area (Å²) in [7, 11) is 1.91. The number of likely N-dealkylation sites (tertiary alicyclic amines) is 1. The van der Waals surface area contributed by atoms with Gasteiger partial charge in [-0.05, 0) is 20.4 Å². The van der Waals surface area contributed by atoms with Crippen molar-refractivity contribution in [1.82, 2.24) is 4.90 Å². The molecule has 2 aliphatic rings. The van der Waals surface area contributed by atoms with Crippen LogP contribution in [0.4, 0.5) is 8.78 Å². The van der Waals surface area contributed by atoms with Crippen LogP contribution in [0.15, 0.2) is 0 Å². The first-order valence-electron chi connectivity index (χ1n) is 5.16. The summed E-state index contributed by atoms with van der Waals surface area (Å²) in [5.74, 6) is -2.41. The lowest BCUT2D eigenvalue weighted by Gasteiger charge is -2.18. The predicted octanol–water partition coefficient (Wildman–Crippen LogP) is 1.75. The lowest BCUT2D eigenvalue weighted by molar-refractivity contribution is 0.0666. The summed E-state index contributed by atoms with van der Waals surface area (Å²) in [6.45, 7) is 3.70. The Balaban J connectivity index is 1.92. The third-order valence-electron chi connectivity index (χ3n) is 3.53. The molecule has 0 radical (unpaired) electrons. The molecule has 0 aromatic rings. The number of hydrogen-bond acceptors (Lipinski definition) is 2. The smallest absolute Gasteiger partial charge is 0.255 e. The number of alkyl halides is 2. The maximum Gasteiger partial charge on any atom is 0.255 e. The highest BCUT2D eigenvalue weighted by atomic mass is 19.3. The average molecular weight is 205 g/mol. The highest BCUT2D eigenvalue weighted by molar-refractivity contribution is 5.16. The second-order valence-corrected chi connectivity index (χ2v) is 4.59. The van der Waals surface area contributed by atoms with E-state index >= 15 is 0 Å². The monoisotopic (exact) mass is 205 g/mol. The van der Waals surface area contributed by atoms with Crippen molar-refractivity contribution in [1.29, 1.82) is 0 Å². The van der Waals surface area contributed by atoms with E-state index in [2.05, 4.69) is 0 Å². The summed E-state index contributed by atoms with van der Waals surface area (Å²) < 4.78 is 31.5. The van der Waals surface area contributed by atoms with E-state index in [1.54, 1.807) is 0 Å². The van der Waals surface area contributed by atoms with Gasteiger partial charge in [0.1, 0.15) is 0 Å². The second-order valence-electron chi connectivity index (χ2n) is 4.59. The van der Waals surface area contributed by atoms with Gasteiger partial charge in [-0.1, -0.05) is 0 Å². The third kappa shape index (κ3) is 1.44. The van der Waals surface area contributed by atoms with Gasteiger partial charge in [-0.3, -0.25) is 0 Å². The van der Waals surface area contributed by atoms with Crippen LogP contribution in [0.3, 0.4) is 0 Å². The van der Waals surface area contributed by atoms with Crippen molar-refractivity contribution in [3.63, 3.8) is 0 Å². The Morgan fingerprint density at radius 3 is 2.57 bits per heavy atom. The Bertz CT molecular complexity index is 234. The van der Waals surface area contributed by atoms with Crippen LogP contribution in [0, 0.1) is 5.41 Å². The van der Waals surface area contributed by atoms with Gasteiger partial charge in [0.2, 0.25) is 0 Å². The molecule has 0 amide bonds.